The highest BCUT2D eigenvalue weighted by Crippen LogP contribution is 2.18. The highest BCUT2D eigenvalue weighted by Gasteiger charge is 2.20. The number of para-hydroxylation sites is 1. The average Bonchev–Trinajstić information content (AvgIpc) is 2.76. The maximum absolute atomic E-state index is 12.7. The fourth-order valence-electron chi connectivity index (χ4n) is 3.34. The average molecular weight is 395 g/mol. The summed E-state index contributed by atoms with van der Waals surface area (Å²) in [6, 6.07) is 18.1. The van der Waals surface area contributed by atoms with Gasteiger partial charge in [0.25, 0.3) is 0 Å². The van der Waals surface area contributed by atoms with E-state index in [0.29, 0.717) is 19.7 Å². The minimum atomic E-state index is 0.0591. The van der Waals surface area contributed by atoms with E-state index in [1.165, 1.54) is 11.1 Å². The Morgan fingerprint density at radius 1 is 1.14 bits per heavy atom. The molecule has 6 heteroatoms. The molecule has 0 unspecified atom stereocenters. The summed E-state index contributed by atoms with van der Waals surface area (Å²) in [6.07, 6.45) is 0.905. The van der Waals surface area contributed by atoms with Gasteiger partial charge in [0.05, 0.1) is 6.54 Å². The molecule has 1 amide bonds. The number of nitrogens with one attached hydrogen (secondary N) is 1. The number of hydrogen-bond acceptors (Lipinski definition) is 3. The Morgan fingerprint density at radius 2 is 1.86 bits per heavy atom. The number of rotatable bonds is 7. The number of benzene rings is 2. The van der Waals surface area contributed by atoms with Crippen molar-refractivity contribution >= 4 is 11.9 Å². The Bertz CT molecular complexity index is 823. The fraction of sp³-hybridized carbons (Fsp3) is 0.391. The molecule has 0 radical (unpaired) electrons. The predicted octanol–water partition coefficient (Wildman–Crippen LogP) is 2.55. The second-order valence-electron chi connectivity index (χ2n) is 7.09. The summed E-state index contributed by atoms with van der Waals surface area (Å²) in [5, 5.41) is 3.25. The van der Waals surface area contributed by atoms with Crippen LogP contribution < -0.4 is 10.1 Å². The van der Waals surface area contributed by atoms with E-state index in [1.807, 2.05) is 60.2 Å². The summed E-state index contributed by atoms with van der Waals surface area (Å²) >= 11 is 0. The molecular formula is C23H30N4O2. The van der Waals surface area contributed by atoms with Gasteiger partial charge < -0.3 is 19.9 Å². The van der Waals surface area contributed by atoms with E-state index < -0.39 is 0 Å². The second kappa shape index (κ2) is 10.5. The van der Waals surface area contributed by atoms with E-state index in [1.54, 1.807) is 0 Å². The van der Waals surface area contributed by atoms with E-state index in [0.717, 1.165) is 31.2 Å². The number of carbonyl (C=O) groups is 1. The van der Waals surface area contributed by atoms with E-state index in [-0.39, 0.29) is 12.5 Å². The zero-order chi connectivity index (χ0) is 20.5. The van der Waals surface area contributed by atoms with Crippen molar-refractivity contribution < 1.29 is 9.53 Å². The standard InChI is InChI=1S/C23H30N4O2/c1-3-24-23(26(2)15-16-29-21-11-5-4-6-12-21)25-17-22(28)27-14-13-19-9-7-8-10-20(19)18-27/h4-12H,3,13-18H2,1-2H3,(H,24,25). The van der Waals surface area contributed by atoms with Gasteiger partial charge >= 0.3 is 0 Å². The van der Waals surface area contributed by atoms with Crippen LogP contribution >= 0.6 is 0 Å². The van der Waals surface area contributed by atoms with Crippen LogP contribution in [-0.4, -0.2) is 61.5 Å². The molecular weight excluding hydrogens is 364 g/mol. The zero-order valence-electron chi connectivity index (χ0n) is 17.3. The first-order valence-corrected chi connectivity index (χ1v) is 10.2. The van der Waals surface area contributed by atoms with Crippen molar-refractivity contribution in [1.82, 2.24) is 15.1 Å². The van der Waals surface area contributed by atoms with Crippen molar-refractivity contribution in [3.63, 3.8) is 0 Å². The third-order valence-corrected chi connectivity index (χ3v) is 4.98. The van der Waals surface area contributed by atoms with E-state index in [4.69, 9.17) is 4.74 Å². The largest absolute Gasteiger partial charge is 0.492 e. The lowest BCUT2D eigenvalue weighted by Gasteiger charge is -2.28. The highest BCUT2D eigenvalue weighted by molar-refractivity contribution is 5.85. The van der Waals surface area contributed by atoms with Gasteiger partial charge in [-0.25, -0.2) is 4.99 Å². The molecule has 154 valence electrons. The molecule has 0 aliphatic carbocycles. The number of ether oxygens (including phenoxy) is 1. The molecule has 3 rings (SSSR count). The van der Waals surface area contributed by atoms with Crippen LogP contribution in [0, 0.1) is 0 Å². The molecule has 6 nitrogen and oxygen atoms in total. The molecule has 29 heavy (non-hydrogen) atoms. The molecule has 0 atom stereocenters. The van der Waals surface area contributed by atoms with Crippen molar-refractivity contribution in [2.24, 2.45) is 4.99 Å². The van der Waals surface area contributed by atoms with Crippen LogP contribution in [0.3, 0.4) is 0 Å². The normalized spacial score (nSPS) is 13.6. The molecule has 0 spiro atoms. The second-order valence-corrected chi connectivity index (χ2v) is 7.09. The smallest absolute Gasteiger partial charge is 0.244 e. The van der Waals surface area contributed by atoms with E-state index in [2.05, 4.69) is 28.5 Å². The number of fused-ring (bicyclic) bond motifs is 1. The quantitative estimate of drug-likeness (QED) is 0.579. The number of likely N-dealkylation sites (N-methyl/N-ethyl adjacent to an activating group) is 1. The first-order valence-electron chi connectivity index (χ1n) is 10.2. The molecule has 1 N–H and O–H groups in total. The van der Waals surface area contributed by atoms with Gasteiger partial charge in [-0.2, -0.15) is 0 Å². The van der Waals surface area contributed by atoms with Crippen molar-refractivity contribution in [2.45, 2.75) is 19.9 Å². The van der Waals surface area contributed by atoms with Gasteiger partial charge in [0.15, 0.2) is 5.96 Å². The Balaban J connectivity index is 1.52. The number of nitrogens with zero attached hydrogens (tertiary/aromatic N) is 3. The highest BCUT2D eigenvalue weighted by atomic mass is 16.5. The van der Waals surface area contributed by atoms with Crippen molar-refractivity contribution in [3.8, 4) is 5.75 Å². The monoisotopic (exact) mass is 394 g/mol. The Morgan fingerprint density at radius 3 is 2.62 bits per heavy atom. The van der Waals surface area contributed by atoms with Crippen LogP contribution in [0.5, 0.6) is 5.75 Å². The summed E-state index contributed by atoms with van der Waals surface area (Å²) in [5.74, 6) is 1.63. The van der Waals surface area contributed by atoms with Gasteiger partial charge in [0.2, 0.25) is 5.91 Å². The van der Waals surface area contributed by atoms with Crippen LogP contribution in [0.15, 0.2) is 59.6 Å². The van der Waals surface area contributed by atoms with Crippen LogP contribution in [0.4, 0.5) is 0 Å². The van der Waals surface area contributed by atoms with Crippen molar-refractivity contribution in [1.29, 1.82) is 0 Å². The topological polar surface area (TPSA) is 57.2 Å². The van der Waals surface area contributed by atoms with Crippen molar-refractivity contribution in [2.75, 3.05) is 39.8 Å². The lowest BCUT2D eigenvalue weighted by molar-refractivity contribution is -0.130. The molecule has 0 aromatic heterocycles. The lowest BCUT2D eigenvalue weighted by Crippen LogP contribution is -2.42. The number of guanidine groups is 1. The van der Waals surface area contributed by atoms with Gasteiger partial charge in [0.1, 0.15) is 18.9 Å². The minimum Gasteiger partial charge on any atom is -0.492 e. The number of hydrogen-bond donors (Lipinski definition) is 1. The molecule has 1 aliphatic heterocycles. The summed E-state index contributed by atoms with van der Waals surface area (Å²) in [5.41, 5.74) is 2.57. The predicted molar refractivity (Wildman–Crippen MR) is 116 cm³/mol. The van der Waals surface area contributed by atoms with Gasteiger partial charge in [0, 0.05) is 26.7 Å². The Hall–Kier alpha value is -3.02. The van der Waals surface area contributed by atoms with Crippen LogP contribution in [-0.2, 0) is 17.8 Å². The molecule has 2 aromatic carbocycles. The summed E-state index contributed by atoms with van der Waals surface area (Å²) in [6.45, 7) is 5.55. The van der Waals surface area contributed by atoms with E-state index >= 15 is 0 Å². The SMILES string of the molecule is CCNC(=NCC(=O)N1CCc2ccccc2C1)N(C)CCOc1ccccc1. The molecule has 0 bridgehead atoms. The maximum atomic E-state index is 12.7. The maximum Gasteiger partial charge on any atom is 0.244 e. The first kappa shape index (κ1) is 20.7. The number of aliphatic imine (C=N–C) groups is 1. The molecule has 0 fully saturated rings. The van der Waals surface area contributed by atoms with Gasteiger partial charge in [-0.3, -0.25) is 4.79 Å². The number of carbonyl (C=O) groups excluding carboxylic acids is 1. The first-order chi connectivity index (χ1) is 14.2. The zero-order valence-corrected chi connectivity index (χ0v) is 17.3. The molecule has 1 heterocycles. The van der Waals surface area contributed by atoms with Gasteiger partial charge in [-0.15, -0.1) is 0 Å². The Labute approximate surface area is 173 Å². The fourth-order valence-corrected chi connectivity index (χ4v) is 3.34. The van der Waals surface area contributed by atoms with Gasteiger partial charge in [-0.1, -0.05) is 42.5 Å². The third-order valence-electron chi connectivity index (χ3n) is 4.98. The number of amides is 1. The third kappa shape index (κ3) is 5.98. The minimum absolute atomic E-state index is 0.0591. The summed E-state index contributed by atoms with van der Waals surface area (Å²) in [7, 11) is 1.96. The van der Waals surface area contributed by atoms with Crippen LogP contribution in [0.1, 0.15) is 18.1 Å². The Kier molecular flexibility index (Phi) is 7.50. The van der Waals surface area contributed by atoms with E-state index in [9.17, 15) is 4.79 Å². The molecule has 0 saturated heterocycles. The molecule has 1 aliphatic rings. The van der Waals surface area contributed by atoms with Crippen LogP contribution in [0.25, 0.3) is 0 Å². The molecule has 2 aromatic rings. The van der Waals surface area contributed by atoms with Crippen molar-refractivity contribution in [3.05, 3.63) is 65.7 Å². The van der Waals surface area contributed by atoms with Crippen LogP contribution in [0.2, 0.25) is 0 Å². The summed E-state index contributed by atoms with van der Waals surface area (Å²) < 4.78 is 5.76. The van der Waals surface area contributed by atoms with Gasteiger partial charge in [-0.05, 0) is 36.6 Å². The molecule has 0 saturated carbocycles. The lowest BCUT2D eigenvalue weighted by atomic mass is 10.00. The summed E-state index contributed by atoms with van der Waals surface area (Å²) in [4.78, 5) is 21.1.